The maximum Gasteiger partial charge on any atom is 0.227 e. The molecule has 0 spiro atoms. The van der Waals surface area contributed by atoms with Gasteiger partial charge in [0.15, 0.2) is 11.2 Å². The Bertz CT molecular complexity index is 1650. The summed E-state index contributed by atoms with van der Waals surface area (Å²) in [6.07, 6.45) is 6.88. The second kappa shape index (κ2) is 9.31. The van der Waals surface area contributed by atoms with Gasteiger partial charge in [-0.05, 0) is 96.8 Å². The third kappa shape index (κ3) is 4.22. The Kier molecular flexibility index (Phi) is 5.62. The van der Waals surface area contributed by atoms with Crippen molar-refractivity contribution in [1.29, 1.82) is 0 Å². The second-order valence-electron chi connectivity index (χ2n) is 10.5. The first-order chi connectivity index (χ1) is 19.1. The molecule has 0 bridgehead atoms. The van der Waals surface area contributed by atoms with Crippen molar-refractivity contribution in [3.63, 3.8) is 0 Å². The van der Waals surface area contributed by atoms with Gasteiger partial charge in [0.2, 0.25) is 11.8 Å². The van der Waals surface area contributed by atoms with Crippen molar-refractivity contribution < 1.29 is 19.0 Å². The lowest BCUT2D eigenvalue weighted by Crippen LogP contribution is -2.27. The van der Waals surface area contributed by atoms with E-state index in [0.717, 1.165) is 59.0 Å². The molecule has 0 radical (unpaired) electrons. The van der Waals surface area contributed by atoms with Crippen molar-refractivity contribution in [1.82, 2.24) is 9.97 Å². The molecule has 6 heteroatoms. The van der Waals surface area contributed by atoms with E-state index >= 15 is 0 Å². The number of phenolic OH excluding ortho intramolecular Hbond substituents is 2. The van der Waals surface area contributed by atoms with Crippen LogP contribution in [0, 0.1) is 0 Å². The van der Waals surface area contributed by atoms with Crippen LogP contribution in [0.25, 0.3) is 45.1 Å². The number of aromatic hydroxyl groups is 2. The van der Waals surface area contributed by atoms with Crippen molar-refractivity contribution in [2.75, 3.05) is 0 Å². The number of aromatic nitrogens is 2. The molecule has 7 rings (SSSR count). The lowest BCUT2D eigenvalue weighted by Gasteiger charge is -2.34. The Morgan fingerprint density at radius 2 is 0.974 bits per heavy atom. The Labute approximate surface area is 225 Å². The smallest absolute Gasteiger partial charge is 0.227 e. The minimum Gasteiger partial charge on any atom is -0.508 e. The van der Waals surface area contributed by atoms with Crippen LogP contribution >= 0.6 is 0 Å². The van der Waals surface area contributed by atoms with Crippen molar-refractivity contribution in [3.05, 3.63) is 96.1 Å². The minimum atomic E-state index is -0.159. The third-order valence-corrected chi connectivity index (χ3v) is 8.07. The van der Waals surface area contributed by atoms with Gasteiger partial charge in [-0.2, -0.15) is 0 Å². The highest BCUT2D eigenvalue weighted by molar-refractivity contribution is 5.79. The molecule has 6 nitrogen and oxygen atoms in total. The zero-order valence-corrected chi connectivity index (χ0v) is 21.4. The van der Waals surface area contributed by atoms with Crippen LogP contribution < -0.4 is 0 Å². The molecule has 0 unspecified atom stereocenters. The quantitative estimate of drug-likeness (QED) is 0.229. The topological polar surface area (TPSA) is 92.5 Å². The van der Waals surface area contributed by atoms with E-state index in [2.05, 4.69) is 24.3 Å². The molecule has 4 aromatic carbocycles. The van der Waals surface area contributed by atoms with Crippen LogP contribution in [0.4, 0.5) is 0 Å². The molecule has 0 aliphatic heterocycles. The highest BCUT2D eigenvalue weighted by atomic mass is 16.4. The molecule has 0 atom stereocenters. The first-order valence-electron chi connectivity index (χ1n) is 13.5. The molecule has 1 aliphatic carbocycles. The number of fused-ring (bicyclic) bond motifs is 2. The summed E-state index contributed by atoms with van der Waals surface area (Å²) in [5.74, 6) is 1.52. The maximum absolute atomic E-state index is 9.65. The summed E-state index contributed by atoms with van der Waals surface area (Å²) in [7, 11) is 0. The second-order valence-corrected chi connectivity index (χ2v) is 10.5. The van der Waals surface area contributed by atoms with E-state index in [1.807, 2.05) is 36.4 Å². The average molecular weight is 517 g/mol. The summed E-state index contributed by atoms with van der Waals surface area (Å²) in [4.78, 5) is 9.63. The molecule has 39 heavy (non-hydrogen) atoms. The van der Waals surface area contributed by atoms with E-state index in [9.17, 15) is 10.2 Å². The van der Waals surface area contributed by atoms with Gasteiger partial charge in [0.1, 0.15) is 22.5 Å². The van der Waals surface area contributed by atoms with E-state index in [1.165, 1.54) is 24.0 Å². The molecule has 1 aliphatic rings. The van der Waals surface area contributed by atoms with Crippen LogP contribution in [0.5, 0.6) is 11.5 Å². The average Bonchev–Trinajstić information content (AvgIpc) is 3.50. The van der Waals surface area contributed by atoms with Gasteiger partial charge >= 0.3 is 0 Å². The zero-order valence-electron chi connectivity index (χ0n) is 21.4. The van der Waals surface area contributed by atoms with Crippen LogP contribution in [-0.4, -0.2) is 20.2 Å². The molecular formula is C33H28N2O4. The SMILES string of the molecule is Oc1ccc(-c2nc3cc(C4(c5ccc6oc(-c7ccc(O)cc7)nc6c5)CCCCCC4)ccc3o2)cc1. The van der Waals surface area contributed by atoms with E-state index in [4.69, 9.17) is 18.8 Å². The van der Waals surface area contributed by atoms with Gasteiger partial charge in [0, 0.05) is 16.5 Å². The number of benzene rings is 4. The number of nitrogens with zero attached hydrogens (tertiary/aromatic N) is 2. The Balaban J connectivity index is 1.32. The van der Waals surface area contributed by atoms with Crippen LogP contribution in [-0.2, 0) is 5.41 Å². The van der Waals surface area contributed by atoms with E-state index < -0.39 is 0 Å². The summed E-state index contributed by atoms with van der Waals surface area (Å²) in [5.41, 5.74) is 7.13. The lowest BCUT2D eigenvalue weighted by molar-refractivity contribution is 0.446. The fourth-order valence-electron chi connectivity index (χ4n) is 5.98. The molecule has 1 saturated carbocycles. The van der Waals surface area contributed by atoms with E-state index in [0.29, 0.717) is 11.8 Å². The summed E-state index contributed by atoms with van der Waals surface area (Å²) < 4.78 is 12.2. The van der Waals surface area contributed by atoms with Crippen molar-refractivity contribution in [3.8, 4) is 34.4 Å². The molecular weight excluding hydrogens is 488 g/mol. The van der Waals surface area contributed by atoms with Crippen LogP contribution in [0.3, 0.4) is 0 Å². The summed E-state index contributed by atoms with van der Waals surface area (Å²) in [6, 6.07) is 26.6. The molecule has 194 valence electrons. The molecule has 2 heterocycles. The molecule has 6 aromatic rings. The predicted molar refractivity (Wildman–Crippen MR) is 151 cm³/mol. The van der Waals surface area contributed by atoms with Crippen molar-refractivity contribution in [2.24, 2.45) is 0 Å². The predicted octanol–water partition coefficient (Wildman–Crippen LogP) is 8.35. The Morgan fingerprint density at radius 3 is 1.41 bits per heavy atom. The highest BCUT2D eigenvalue weighted by Crippen LogP contribution is 2.45. The lowest BCUT2D eigenvalue weighted by atomic mass is 9.69. The van der Waals surface area contributed by atoms with Gasteiger partial charge in [0.25, 0.3) is 0 Å². The molecule has 0 amide bonds. The van der Waals surface area contributed by atoms with Gasteiger partial charge < -0.3 is 19.0 Å². The minimum absolute atomic E-state index is 0.159. The largest absolute Gasteiger partial charge is 0.508 e. The zero-order chi connectivity index (χ0) is 26.4. The molecule has 0 saturated heterocycles. The van der Waals surface area contributed by atoms with Crippen molar-refractivity contribution in [2.45, 2.75) is 43.9 Å². The first kappa shape index (κ1) is 23.5. The number of phenols is 2. The van der Waals surface area contributed by atoms with E-state index in [-0.39, 0.29) is 16.9 Å². The fourth-order valence-corrected chi connectivity index (χ4v) is 5.98. The highest BCUT2D eigenvalue weighted by Gasteiger charge is 2.35. The van der Waals surface area contributed by atoms with Gasteiger partial charge in [-0.1, -0.05) is 37.8 Å². The third-order valence-electron chi connectivity index (χ3n) is 8.07. The maximum atomic E-state index is 9.65. The van der Waals surface area contributed by atoms with Gasteiger partial charge in [-0.15, -0.1) is 0 Å². The summed E-state index contributed by atoms with van der Waals surface area (Å²) in [6.45, 7) is 0. The van der Waals surface area contributed by atoms with Gasteiger partial charge in [-0.25, -0.2) is 9.97 Å². The standard InChI is InChI=1S/C33H28N2O4/c36-25-11-5-21(6-12-25)31-34-27-19-23(9-15-29(27)38-31)33(17-3-1-2-4-18-33)24-10-16-30-28(20-24)35-32(39-30)22-7-13-26(37)14-8-22/h5-16,19-20,36-37H,1-4,17-18H2. The summed E-state index contributed by atoms with van der Waals surface area (Å²) in [5, 5.41) is 19.3. The van der Waals surface area contributed by atoms with E-state index in [1.54, 1.807) is 24.3 Å². The number of hydrogen-bond acceptors (Lipinski definition) is 6. The monoisotopic (exact) mass is 516 g/mol. The van der Waals surface area contributed by atoms with Crippen molar-refractivity contribution >= 4 is 22.2 Å². The first-order valence-corrected chi connectivity index (χ1v) is 13.5. The molecule has 1 fully saturated rings. The Morgan fingerprint density at radius 1 is 0.538 bits per heavy atom. The number of hydrogen-bond donors (Lipinski definition) is 2. The molecule has 2 N–H and O–H groups in total. The fraction of sp³-hybridized carbons (Fsp3) is 0.212. The number of rotatable bonds is 4. The normalized spacial score (nSPS) is 15.5. The van der Waals surface area contributed by atoms with Crippen LogP contribution in [0.15, 0.2) is 93.8 Å². The van der Waals surface area contributed by atoms with Gasteiger partial charge in [-0.3, -0.25) is 0 Å². The van der Waals surface area contributed by atoms with Crippen LogP contribution in [0.1, 0.15) is 49.7 Å². The van der Waals surface area contributed by atoms with Gasteiger partial charge in [0.05, 0.1) is 0 Å². The Hall–Kier alpha value is -4.58. The number of oxazole rings is 2. The summed E-state index contributed by atoms with van der Waals surface area (Å²) >= 11 is 0. The molecule has 2 aromatic heterocycles. The van der Waals surface area contributed by atoms with Crippen LogP contribution in [0.2, 0.25) is 0 Å².